The smallest absolute Gasteiger partial charge is 0.233 e. The Morgan fingerprint density at radius 2 is 1.89 bits per heavy atom. The van der Waals surface area contributed by atoms with Crippen LogP contribution in [0, 0.1) is 6.92 Å². The van der Waals surface area contributed by atoms with Crippen molar-refractivity contribution in [2.24, 2.45) is 0 Å². The number of nitrogens with zero attached hydrogens (tertiary/aromatic N) is 4. The molecule has 1 saturated heterocycles. The van der Waals surface area contributed by atoms with E-state index in [1.165, 1.54) is 18.5 Å². The van der Waals surface area contributed by atoms with Crippen LogP contribution in [0.25, 0.3) is 0 Å². The zero-order chi connectivity index (χ0) is 18.6. The summed E-state index contributed by atoms with van der Waals surface area (Å²) in [5, 5.41) is 6.45. The molecule has 0 unspecified atom stereocenters. The van der Waals surface area contributed by atoms with Gasteiger partial charge < -0.3 is 20.0 Å². The van der Waals surface area contributed by atoms with Crippen LogP contribution in [-0.4, -0.2) is 28.0 Å². The summed E-state index contributed by atoms with van der Waals surface area (Å²) >= 11 is 6.06. The van der Waals surface area contributed by atoms with Gasteiger partial charge in [0.2, 0.25) is 17.2 Å². The van der Waals surface area contributed by atoms with Crippen molar-refractivity contribution in [3.63, 3.8) is 0 Å². The van der Waals surface area contributed by atoms with E-state index in [0.717, 1.165) is 30.3 Å². The minimum absolute atomic E-state index is 0.126. The Balaban J connectivity index is 1.47. The minimum Gasteiger partial charge on any atom is -0.465 e. The number of nitrogens with one attached hydrogen (secondary N) is 2. The van der Waals surface area contributed by atoms with Gasteiger partial charge in [-0.3, -0.25) is 0 Å². The molecular weight excluding hydrogens is 364 g/mol. The Labute approximate surface area is 162 Å². The molecule has 0 amide bonds. The summed E-state index contributed by atoms with van der Waals surface area (Å²) in [5.41, 5.74) is 2.11. The predicted octanol–water partition coefficient (Wildman–Crippen LogP) is 4.38. The van der Waals surface area contributed by atoms with Gasteiger partial charge in [0, 0.05) is 24.5 Å². The monoisotopic (exact) mass is 384 g/mol. The lowest BCUT2D eigenvalue weighted by atomic mass is 10.2. The van der Waals surface area contributed by atoms with E-state index < -0.39 is 0 Å². The van der Waals surface area contributed by atoms with E-state index in [9.17, 15) is 0 Å². The molecule has 140 valence electrons. The Morgan fingerprint density at radius 1 is 1.07 bits per heavy atom. The van der Waals surface area contributed by atoms with Gasteiger partial charge in [-0.15, -0.1) is 0 Å². The summed E-state index contributed by atoms with van der Waals surface area (Å²) < 4.78 is 5.54. The molecule has 3 heterocycles. The Kier molecular flexibility index (Phi) is 5.11. The molecule has 1 aliphatic heterocycles. The van der Waals surface area contributed by atoms with Crippen LogP contribution in [0.1, 0.15) is 24.4 Å². The van der Waals surface area contributed by atoms with Gasteiger partial charge in [-0.05, 0) is 61.7 Å². The van der Waals surface area contributed by atoms with Crippen LogP contribution in [-0.2, 0) is 6.54 Å². The minimum atomic E-state index is 0.126. The fourth-order valence-corrected chi connectivity index (χ4v) is 3.28. The molecule has 1 fully saturated rings. The quantitative estimate of drug-likeness (QED) is 0.652. The fourth-order valence-electron chi connectivity index (χ4n) is 3.12. The lowest BCUT2D eigenvalue weighted by Crippen LogP contribution is -2.17. The van der Waals surface area contributed by atoms with Crippen LogP contribution in [0.5, 0.6) is 0 Å². The maximum Gasteiger partial charge on any atom is 0.233 e. The Bertz CT molecular complexity index is 922. The molecule has 27 heavy (non-hydrogen) atoms. The van der Waals surface area contributed by atoms with Crippen molar-refractivity contribution in [2.75, 3.05) is 28.6 Å². The molecule has 0 radical (unpaired) electrons. The average Bonchev–Trinajstić information content (AvgIpc) is 3.31. The van der Waals surface area contributed by atoms with E-state index in [-0.39, 0.29) is 5.28 Å². The number of halogens is 1. The molecule has 2 N–H and O–H groups in total. The highest BCUT2D eigenvalue weighted by Crippen LogP contribution is 2.25. The van der Waals surface area contributed by atoms with E-state index in [4.69, 9.17) is 16.0 Å². The summed E-state index contributed by atoms with van der Waals surface area (Å²) in [6.07, 6.45) is 2.48. The molecule has 1 aliphatic rings. The van der Waals surface area contributed by atoms with E-state index >= 15 is 0 Å². The number of hydrogen-bond donors (Lipinski definition) is 2. The lowest BCUT2D eigenvalue weighted by molar-refractivity contribution is 0.490. The topological polar surface area (TPSA) is 79.1 Å². The number of furan rings is 1. The molecule has 0 aliphatic carbocycles. The largest absolute Gasteiger partial charge is 0.465 e. The average molecular weight is 385 g/mol. The third-order valence-corrected chi connectivity index (χ3v) is 4.57. The number of hydrogen-bond acceptors (Lipinski definition) is 7. The third-order valence-electron chi connectivity index (χ3n) is 4.40. The summed E-state index contributed by atoms with van der Waals surface area (Å²) in [4.78, 5) is 15.1. The maximum atomic E-state index is 6.06. The van der Waals surface area contributed by atoms with Crippen LogP contribution < -0.4 is 15.5 Å². The molecule has 4 rings (SSSR count). The predicted molar refractivity (Wildman–Crippen MR) is 107 cm³/mol. The molecule has 3 aromatic rings. The second-order valence-electron chi connectivity index (χ2n) is 6.49. The molecular formula is C19H21ClN6O. The molecule has 1 aromatic carbocycles. The first-order valence-corrected chi connectivity index (χ1v) is 9.36. The van der Waals surface area contributed by atoms with Gasteiger partial charge in [-0.2, -0.15) is 15.0 Å². The number of benzene rings is 1. The van der Waals surface area contributed by atoms with Crippen molar-refractivity contribution in [2.45, 2.75) is 26.3 Å². The van der Waals surface area contributed by atoms with Crippen LogP contribution in [0.15, 0.2) is 40.8 Å². The fraction of sp³-hybridized carbons (Fsp3) is 0.316. The summed E-state index contributed by atoms with van der Waals surface area (Å²) in [6.45, 7) is 4.57. The van der Waals surface area contributed by atoms with E-state index in [1.54, 1.807) is 0 Å². The van der Waals surface area contributed by atoms with Gasteiger partial charge in [0.15, 0.2) is 0 Å². The molecule has 0 bridgehead atoms. The lowest BCUT2D eigenvalue weighted by Gasteiger charge is -2.18. The Morgan fingerprint density at radius 3 is 2.67 bits per heavy atom. The van der Waals surface area contributed by atoms with Gasteiger partial charge >= 0.3 is 0 Å². The van der Waals surface area contributed by atoms with E-state index in [0.29, 0.717) is 18.4 Å². The first-order chi connectivity index (χ1) is 13.2. The molecule has 0 spiro atoms. The zero-order valence-electron chi connectivity index (χ0n) is 15.1. The van der Waals surface area contributed by atoms with Crippen LogP contribution in [0.2, 0.25) is 5.28 Å². The summed E-state index contributed by atoms with van der Waals surface area (Å²) in [7, 11) is 0. The van der Waals surface area contributed by atoms with Crippen molar-refractivity contribution in [1.82, 2.24) is 15.0 Å². The van der Waals surface area contributed by atoms with E-state index in [1.807, 2.05) is 31.2 Å². The number of aromatic nitrogens is 3. The second kappa shape index (κ2) is 7.84. The first kappa shape index (κ1) is 17.6. The van der Waals surface area contributed by atoms with Crippen LogP contribution in [0.3, 0.4) is 0 Å². The summed E-state index contributed by atoms with van der Waals surface area (Å²) in [5.74, 6) is 2.45. The first-order valence-electron chi connectivity index (χ1n) is 8.98. The number of aryl methyl sites for hydroxylation is 1. The van der Waals surface area contributed by atoms with Crippen molar-refractivity contribution in [3.8, 4) is 0 Å². The number of rotatable bonds is 6. The van der Waals surface area contributed by atoms with Crippen LogP contribution >= 0.6 is 11.6 Å². The number of anilines is 4. The van der Waals surface area contributed by atoms with Gasteiger partial charge in [-0.25, -0.2) is 0 Å². The second-order valence-corrected chi connectivity index (χ2v) is 6.83. The Hall–Kier alpha value is -2.80. The van der Waals surface area contributed by atoms with Crippen molar-refractivity contribution in [3.05, 3.63) is 53.2 Å². The van der Waals surface area contributed by atoms with Crippen molar-refractivity contribution >= 4 is 34.9 Å². The highest BCUT2D eigenvalue weighted by atomic mass is 35.5. The normalized spacial score (nSPS) is 13.8. The van der Waals surface area contributed by atoms with E-state index in [2.05, 4.69) is 42.6 Å². The van der Waals surface area contributed by atoms with Gasteiger partial charge in [0.05, 0.1) is 6.54 Å². The van der Waals surface area contributed by atoms with Gasteiger partial charge in [-0.1, -0.05) is 6.07 Å². The molecule has 2 aromatic heterocycles. The van der Waals surface area contributed by atoms with Gasteiger partial charge in [0.1, 0.15) is 11.5 Å². The molecule has 0 saturated carbocycles. The summed E-state index contributed by atoms with van der Waals surface area (Å²) in [6, 6.07) is 12.1. The highest BCUT2D eigenvalue weighted by molar-refractivity contribution is 6.28. The molecule has 0 atom stereocenters. The highest BCUT2D eigenvalue weighted by Gasteiger charge is 2.13. The molecule has 8 heteroatoms. The van der Waals surface area contributed by atoms with Crippen molar-refractivity contribution in [1.29, 1.82) is 0 Å². The standard InChI is InChI=1S/C19H21ClN6O/c1-13-7-8-16(27-13)12-21-18-23-17(20)24-19(25-18)22-14-5-4-6-15(11-14)26-9-2-3-10-26/h4-8,11H,2-3,9-10,12H2,1H3,(H2,21,22,23,24,25). The molecule has 7 nitrogen and oxygen atoms in total. The zero-order valence-corrected chi connectivity index (χ0v) is 15.8. The maximum absolute atomic E-state index is 6.06. The third kappa shape index (κ3) is 4.49. The SMILES string of the molecule is Cc1ccc(CNc2nc(Cl)nc(Nc3cccc(N4CCCC4)c3)n2)o1. The van der Waals surface area contributed by atoms with Crippen LogP contribution in [0.4, 0.5) is 23.3 Å². The van der Waals surface area contributed by atoms with Gasteiger partial charge in [0.25, 0.3) is 0 Å². The van der Waals surface area contributed by atoms with Crippen molar-refractivity contribution < 1.29 is 4.42 Å².